The summed E-state index contributed by atoms with van der Waals surface area (Å²) in [5.41, 5.74) is 5.00. The fourth-order valence-corrected chi connectivity index (χ4v) is 1.13. The monoisotopic (exact) mass is 165 g/mol. The average molecular weight is 165 g/mol. The molecule has 0 aromatic rings. The van der Waals surface area contributed by atoms with E-state index < -0.39 is 23.7 Å². The van der Waals surface area contributed by atoms with Gasteiger partial charge in [0.1, 0.15) is 5.92 Å². The van der Waals surface area contributed by atoms with Gasteiger partial charge in [0.25, 0.3) is 5.92 Å². The molecule has 3 nitrogen and oxygen atoms in total. The van der Waals surface area contributed by atoms with Gasteiger partial charge in [0.15, 0.2) is 0 Å². The van der Waals surface area contributed by atoms with Gasteiger partial charge in [-0.15, -0.1) is 0 Å². The fourth-order valence-electron chi connectivity index (χ4n) is 1.13. The molecule has 1 saturated carbocycles. The summed E-state index contributed by atoms with van der Waals surface area (Å²) in [4.78, 5) is 10.6. The molecule has 0 aromatic heterocycles. The van der Waals surface area contributed by atoms with Crippen LogP contribution in [0, 0.1) is 11.8 Å². The molecule has 5 heteroatoms. The highest BCUT2D eigenvalue weighted by Gasteiger charge is 2.71. The van der Waals surface area contributed by atoms with Crippen molar-refractivity contribution >= 4 is 5.97 Å². The molecule has 2 N–H and O–H groups in total. The van der Waals surface area contributed by atoms with E-state index in [1.54, 1.807) is 0 Å². The zero-order valence-electron chi connectivity index (χ0n) is 6.01. The number of ether oxygens (including phenoxy) is 1. The van der Waals surface area contributed by atoms with E-state index in [4.69, 9.17) is 5.73 Å². The summed E-state index contributed by atoms with van der Waals surface area (Å²) in [7, 11) is 1.09. The Morgan fingerprint density at radius 3 is 2.55 bits per heavy atom. The molecule has 0 saturated heterocycles. The molecular weight excluding hydrogens is 156 g/mol. The van der Waals surface area contributed by atoms with E-state index in [2.05, 4.69) is 4.74 Å². The second-order valence-electron chi connectivity index (χ2n) is 2.52. The highest BCUT2D eigenvalue weighted by Crippen LogP contribution is 2.54. The van der Waals surface area contributed by atoms with Crippen LogP contribution in [0.2, 0.25) is 0 Å². The van der Waals surface area contributed by atoms with Crippen LogP contribution in [0.15, 0.2) is 0 Å². The van der Waals surface area contributed by atoms with Crippen LogP contribution in [0.4, 0.5) is 8.78 Å². The molecule has 0 aliphatic heterocycles. The Hall–Kier alpha value is -0.710. The summed E-state index contributed by atoms with van der Waals surface area (Å²) in [5, 5.41) is 0. The van der Waals surface area contributed by atoms with Crippen molar-refractivity contribution in [1.29, 1.82) is 0 Å². The molecule has 1 rings (SSSR count). The SMILES string of the molecule is COC(=O)[C@@H]1[C@@H](CN)C1(F)F. The molecule has 0 unspecified atom stereocenters. The lowest BCUT2D eigenvalue weighted by Crippen LogP contribution is -2.09. The quantitative estimate of drug-likeness (QED) is 0.586. The van der Waals surface area contributed by atoms with Crippen molar-refractivity contribution in [3.63, 3.8) is 0 Å². The van der Waals surface area contributed by atoms with Gasteiger partial charge >= 0.3 is 5.97 Å². The van der Waals surface area contributed by atoms with E-state index in [0.29, 0.717) is 0 Å². The molecule has 1 aliphatic carbocycles. The number of rotatable bonds is 2. The summed E-state index contributed by atoms with van der Waals surface area (Å²) in [6, 6.07) is 0. The third-order valence-corrected chi connectivity index (χ3v) is 1.91. The van der Waals surface area contributed by atoms with E-state index in [-0.39, 0.29) is 6.54 Å². The maximum atomic E-state index is 12.5. The minimum absolute atomic E-state index is 0.174. The normalized spacial score (nSPS) is 33.1. The van der Waals surface area contributed by atoms with Crippen LogP contribution in [-0.2, 0) is 9.53 Å². The van der Waals surface area contributed by atoms with Crippen molar-refractivity contribution in [2.24, 2.45) is 17.6 Å². The first-order chi connectivity index (χ1) is 5.05. The molecule has 11 heavy (non-hydrogen) atoms. The van der Waals surface area contributed by atoms with Gasteiger partial charge in [-0.3, -0.25) is 4.79 Å². The fraction of sp³-hybridized carbons (Fsp3) is 0.833. The number of halogens is 2. The number of hydrogen-bond acceptors (Lipinski definition) is 3. The Bertz CT molecular complexity index is 183. The zero-order chi connectivity index (χ0) is 8.65. The first kappa shape index (κ1) is 8.39. The molecule has 64 valence electrons. The predicted octanol–water partition coefficient (Wildman–Crippen LogP) is -0.000600. The Morgan fingerprint density at radius 2 is 2.27 bits per heavy atom. The molecular formula is C6H9F2NO2. The second kappa shape index (κ2) is 2.41. The van der Waals surface area contributed by atoms with Crippen molar-refractivity contribution < 1.29 is 18.3 Å². The van der Waals surface area contributed by atoms with Crippen LogP contribution in [0.3, 0.4) is 0 Å². The predicted molar refractivity (Wildman–Crippen MR) is 33.0 cm³/mol. The molecule has 0 aromatic carbocycles. The largest absolute Gasteiger partial charge is 0.469 e. The van der Waals surface area contributed by atoms with Crippen LogP contribution >= 0.6 is 0 Å². The molecule has 2 atom stereocenters. The van der Waals surface area contributed by atoms with Gasteiger partial charge in [0.2, 0.25) is 0 Å². The summed E-state index contributed by atoms with van der Waals surface area (Å²) in [6.07, 6.45) is 0. The van der Waals surface area contributed by atoms with E-state index in [1.807, 2.05) is 0 Å². The summed E-state index contributed by atoms with van der Waals surface area (Å²) >= 11 is 0. The molecule has 0 heterocycles. The number of carbonyl (C=O) groups is 1. The maximum absolute atomic E-state index is 12.5. The minimum atomic E-state index is -2.94. The lowest BCUT2D eigenvalue weighted by atomic mass is 10.3. The molecule has 1 fully saturated rings. The Kier molecular flexibility index (Phi) is 1.83. The van der Waals surface area contributed by atoms with E-state index >= 15 is 0 Å². The maximum Gasteiger partial charge on any atom is 0.315 e. The molecule has 0 bridgehead atoms. The van der Waals surface area contributed by atoms with Crippen molar-refractivity contribution in [3.05, 3.63) is 0 Å². The smallest absolute Gasteiger partial charge is 0.315 e. The van der Waals surface area contributed by atoms with Crippen LogP contribution in [-0.4, -0.2) is 25.5 Å². The third kappa shape index (κ3) is 1.09. The van der Waals surface area contributed by atoms with Crippen LogP contribution in [0.5, 0.6) is 0 Å². The van der Waals surface area contributed by atoms with Crippen molar-refractivity contribution in [3.8, 4) is 0 Å². The van der Waals surface area contributed by atoms with Gasteiger partial charge in [-0.2, -0.15) is 0 Å². The van der Waals surface area contributed by atoms with Gasteiger partial charge in [-0.1, -0.05) is 0 Å². The first-order valence-electron chi connectivity index (χ1n) is 3.21. The summed E-state index contributed by atoms with van der Waals surface area (Å²) in [5.74, 6) is -6.14. The zero-order valence-corrected chi connectivity index (χ0v) is 6.01. The lowest BCUT2D eigenvalue weighted by Gasteiger charge is -1.93. The highest BCUT2D eigenvalue weighted by atomic mass is 19.3. The number of carbonyl (C=O) groups excluding carboxylic acids is 1. The van der Waals surface area contributed by atoms with Gasteiger partial charge < -0.3 is 10.5 Å². The van der Waals surface area contributed by atoms with E-state index in [1.165, 1.54) is 0 Å². The number of hydrogen-bond donors (Lipinski definition) is 1. The standard InChI is InChI=1S/C6H9F2NO2/c1-11-5(10)4-3(2-9)6(4,7)8/h3-4H,2,9H2,1H3/t3-,4+/m1/s1. The van der Waals surface area contributed by atoms with Crippen LogP contribution in [0.25, 0.3) is 0 Å². The van der Waals surface area contributed by atoms with Crippen molar-refractivity contribution in [1.82, 2.24) is 0 Å². The van der Waals surface area contributed by atoms with Gasteiger partial charge in [0, 0.05) is 6.54 Å². The van der Waals surface area contributed by atoms with Crippen LogP contribution in [0.1, 0.15) is 0 Å². The Balaban J connectivity index is 2.58. The number of nitrogens with two attached hydrogens (primary N) is 1. The molecule has 0 spiro atoms. The minimum Gasteiger partial charge on any atom is -0.469 e. The topological polar surface area (TPSA) is 52.3 Å². The Labute approximate surface area is 62.5 Å². The number of alkyl halides is 2. The second-order valence-corrected chi connectivity index (χ2v) is 2.52. The molecule has 0 radical (unpaired) electrons. The summed E-state index contributed by atoms with van der Waals surface area (Å²) in [6.45, 7) is -0.174. The van der Waals surface area contributed by atoms with Gasteiger partial charge in [-0.25, -0.2) is 8.78 Å². The third-order valence-electron chi connectivity index (χ3n) is 1.91. The first-order valence-corrected chi connectivity index (χ1v) is 3.21. The van der Waals surface area contributed by atoms with Crippen molar-refractivity contribution in [2.45, 2.75) is 5.92 Å². The lowest BCUT2D eigenvalue weighted by molar-refractivity contribution is -0.144. The molecule has 0 amide bonds. The van der Waals surface area contributed by atoms with Gasteiger partial charge in [0.05, 0.1) is 13.0 Å². The van der Waals surface area contributed by atoms with Crippen LogP contribution < -0.4 is 5.73 Å². The Morgan fingerprint density at radius 1 is 1.73 bits per heavy atom. The molecule has 1 aliphatic rings. The highest BCUT2D eigenvalue weighted by molar-refractivity contribution is 5.78. The average Bonchev–Trinajstić information content (AvgIpc) is 2.51. The number of esters is 1. The van der Waals surface area contributed by atoms with E-state index in [9.17, 15) is 13.6 Å². The summed E-state index contributed by atoms with van der Waals surface area (Å²) < 4.78 is 29.2. The van der Waals surface area contributed by atoms with Crippen molar-refractivity contribution in [2.75, 3.05) is 13.7 Å². The van der Waals surface area contributed by atoms with E-state index in [0.717, 1.165) is 7.11 Å². The number of methoxy groups -OCH3 is 1. The van der Waals surface area contributed by atoms with Gasteiger partial charge in [-0.05, 0) is 0 Å².